The maximum Gasteiger partial charge on any atom is 0.433 e. The standard InChI is InChI=1S/C13H15BrN2O2/c14-8-9-15-13(17)18-16-12-7-3-5-10-4-1-2-6-11(10)12/h1-2,4,6H,3,5,7-9H2,(H,15,17)/b16-12+. The lowest BCUT2D eigenvalue weighted by molar-refractivity contribution is 0.151. The molecule has 1 aliphatic rings. The van der Waals surface area contributed by atoms with Crippen LogP contribution in [-0.4, -0.2) is 23.7 Å². The summed E-state index contributed by atoms with van der Waals surface area (Å²) in [6.45, 7) is 0.528. The van der Waals surface area contributed by atoms with Gasteiger partial charge in [-0.05, 0) is 24.8 Å². The van der Waals surface area contributed by atoms with Gasteiger partial charge in [-0.2, -0.15) is 0 Å². The number of alkyl halides is 1. The van der Waals surface area contributed by atoms with Crippen LogP contribution in [0, 0.1) is 0 Å². The minimum atomic E-state index is -0.509. The second-order valence-corrected chi connectivity index (χ2v) is 4.84. The summed E-state index contributed by atoms with van der Waals surface area (Å²) < 4.78 is 0. The maximum atomic E-state index is 11.3. The summed E-state index contributed by atoms with van der Waals surface area (Å²) in [5, 5.41) is 7.24. The second kappa shape index (κ2) is 6.54. The Bertz CT molecular complexity index is 460. The molecule has 18 heavy (non-hydrogen) atoms. The zero-order chi connectivity index (χ0) is 12.8. The molecule has 0 bridgehead atoms. The topological polar surface area (TPSA) is 50.7 Å². The molecule has 4 nitrogen and oxygen atoms in total. The van der Waals surface area contributed by atoms with Gasteiger partial charge in [-0.15, -0.1) is 0 Å². The lowest BCUT2D eigenvalue weighted by atomic mass is 9.90. The van der Waals surface area contributed by atoms with E-state index >= 15 is 0 Å². The van der Waals surface area contributed by atoms with E-state index in [1.807, 2.05) is 18.2 Å². The van der Waals surface area contributed by atoms with Gasteiger partial charge in [0.2, 0.25) is 0 Å². The van der Waals surface area contributed by atoms with Gasteiger partial charge in [0.25, 0.3) is 0 Å². The molecule has 0 saturated heterocycles. The van der Waals surface area contributed by atoms with Crippen LogP contribution in [0.1, 0.15) is 24.0 Å². The Kier molecular flexibility index (Phi) is 4.75. The summed E-state index contributed by atoms with van der Waals surface area (Å²) in [6, 6.07) is 8.11. The van der Waals surface area contributed by atoms with Crippen molar-refractivity contribution in [3.63, 3.8) is 0 Å². The lowest BCUT2D eigenvalue weighted by Crippen LogP contribution is -2.25. The number of oxime groups is 1. The molecular weight excluding hydrogens is 296 g/mol. The number of hydrogen-bond acceptors (Lipinski definition) is 3. The molecule has 2 rings (SSSR count). The van der Waals surface area contributed by atoms with Gasteiger partial charge in [-0.25, -0.2) is 4.79 Å². The van der Waals surface area contributed by atoms with E-state index in [0.717, 1.165) is 30.5 Å². The number of halogens is 1. The van der Waals surface area contributed by atoms with Crippen LogP contribution in [0.25, 0.3) is 0 Å². The molecule has 0 radical (unpaired) electrons. The van der Waals surface area contributed by atoms with Crippen molar-refractivity contribution in [2.24, 2.45) is 5.16 Å². The molecule has 0 heterocycles. The van der Waals surface area contributed by atoms with Crippen molar-refractivity contribution in [2.75, 3.05) is 11.9 Å². The van der Waals surface area contributed by atoms with Crippen LogP contribution >= 0.6 is 15.9 Å². The van der Waals surface area contributed by atoms with Crippen LogP contribution in [0.4, 0.5) is 4.79 Å². The molecule has 0 aliphatic heterocycles. The molecule has 0 atom stereocenters. The molecule has 5 heteroatoms. The molecular formula is C13H15BrN2O2. The second-order valence-electron chi connectivity index (χ2n) is 4.04. The van der Waals surface area contributed by atoms with E-state index in [4.69, 9.17) is 4.84 Å². The zero-order valence-corrected chi connectivity index (χ0v) is 11.6. The SMILES string of the molecule is O=C(NCCBr)O/N=C1\CCCc2ccccc21. The van der Waals surface area contributed by atoms with Gasteiger partial charge in [0.05, 0.1) is 5.71 Å². The number of nitrogens with zero attached hydrogens (tertiary/aromatic N) is 1. The highest BCUT2D eigenvalue weighted by Crippen LogP contribution is 2.21. The quantitative estimate of drug-likeness (QED) is 0.530. The minimum absolute atomic E-state index is 0.509. The zero-order valence-electron chi connectivity index (χ0n) is 9.99. The largest absolute Gasteiger partial charge is 0.433 e. The summed E-state index contributed by atoms with van der Waals surface area (Å²) in [5.41, 5.74) is 3.22. The normalized spacial score (nSPS) is 16.2. The fourth-order valence-corrected chi connectivity index (χ4v) is 2.17. The smallest absolute Gasteiger partial charge is 0.319 e. The van der Waals surface area contributed by atoms with Gasteiger partial charge in [0, 0.05) is 17.4 Å². The Morgan fingerprint density at radius 3 is 3.06 bits per heavy atom. The summed E-state index contributed by atoms with van der Waals surface area (Å²) in [5.74, 6) is 0. The molecule has 0 aromatic heterocycles. The number of nitrogens with one attached hydrogen (secondary N) is 1. The summed E-state index contributed by atoms with van der Waals surface area (Å²) >= 11 is 3.22. The first kappa shape index (κ1) is 13.1. The van der Waals surface area contributed by atoms with Gasteiger partial charge in [0.15, 0.2) is 0 Å². The Hall–Kier alpha value is -1.36. The van der Waals surface area contributed by atoms with Crippen molar-refractivity contribution in [3.05, 3.63) is 35.4 Å². The van der Waals surface area contributed by atoms with Crippen molar-refractivity contribution in [2.45, 2.75) is 19.3 Å². The number of rotatable bonds is 3. The summed E-state index contributed by atoms with van der Waals surface area (Å²) in [4.78, 5) is 16.2. The van der Waals surface area contributed by atoms with Gasteiger partial charge in [0.1, 0.15) is 0 Å². The molecule has 1 aromatic rings. The minimum Gasteiger partial charge on any atom is -0.319 e. The Morgan fingerprint density at radius 1 is 1.39 bits per heavy atom. The fourth-order valence-electron chi connectivity index (χ4n) is 1.97. The monoisotopic (exact) mass is 310 g/mol. The highest BCUT2D eigenvalue weighted by molar-refractivity contribution is 9.09. The van der Waals surface area contributed by atoms with Crippen molar-refractivity contribution in [1.29, 1.82) is 0 Å². The molecule has 0 saturated carbocycles. The highest BCUT2D eigenvalue weighted by Gasteiger charge is 2.15. The van der Waals surface area contributed by atoms with Crippen molar-refractivity contribution in [3.8, 4) is 0 Å². The predicted octanol–water partition coefficient (Wildman–Crippen LogP) is 2.85. The van der Waals surface area contributed by atoms with E-state index in [9.17, 15) is 4.79 Å². The number of carbonyl (C=O) groups excluding carboxylic acids is 1. The van der Waals surface area contributed by atoms with Crippen LogP contribution < -0.4 is 5.32 Å². The lowest BCUT2D eigenvalue weighted by Gasteiger charge is -2.16. The van der Waals surface area contributed by atoms with E-state index in [0.29, 0.717) is 11.9 Å². The molecule has 0 fully saturated rings. The molecule has 1 aromatic carbocycles. The third-order valence-corrected chi connectivity index (χ3v) is 3.19. The van der Waals surface area contributed by atoms with Crippen LogP contribution in [0.5, 0.6) is 0 Å². The van der Waals surface area contributed by atoms with Crippen LogP contribution in [0.3, 0.4) is 0 Å². The van der Waals surface area contributed by atoms with Crippen molar-refractivity contribution >= 4 is 27.7 Å². The molecule has 1 amide bonds. The van der Waals surface area contributed by atoms with E-state index in [1.54, 1.807) is 0 Å². The summed E-state index contributed by atoms with van der Waals surface area (Å²) in [7, 11) is 0. The molecule has 1 N–H and O–H groups in total. The molecule has 0 spiro atoms. The van der Waals surface area contributed by atoms with Crippen LogP contribution in [0.2, 0.25) is 0 Å². The van der Waals surface area contributed by atoms with Gasteiger partial charge in [-0.3, -0.25) is 4.84 Å². The predicted molar refractivity (Wildman–Crippen MR) is 74.2 cm³/mol. The van der Waals surface area contributed by atoms with Crippen molar-refractivity contribution in [1.82, 2.24) is 5.32 Å². The third-order valence-electron chi connectivity index (χ3n) is 2.79. The average Bonchev–Trinajstić information content (AvgIpc) is 2.42. The maximum absolute atomic E-state index is 11.3. The average molecular weight is 311 g/mol. The Morgan fingerprint density at radius 2 is 2.22 bits per heavy atom. The first-order valence-corrected chi connectivity index (χ1v) is 7.09. The molecule has 96 valence electrons. The van der Waals surface area contributed by atoms with E-state index in [2.05, 4.69) is 32.5 Å². The summed E-state index contributed by atoms with van der Waals surface area (Å²) in [6.07, 6.45) is 2.45. The number of amides is 1. The van der Waals surface area contributed by atoms with Crippen LogP contribution in [-0.2, 0) is 11.3 Å². The van der Waals surface area contributed by atoms with E-state index in [1.165, 1.54) is 5.56 Å². The number of hydrogen-bond donors (Lipinski definition) is 1. The number of aryl methyl sites for hydroxylation is 1. The fraction of sp³-hybridized carbons (Fsp3) is 0.385. The van der Waals surface area contributed by atoms with Gasteiger partial charge >= 0.3 is 6.09 Å². The number of carbonyl (C=O) groups is 1. The number of fused-ring (bicyclic) bond motifs is 1. The highest BCUT2D eigenvalue weighted by atomic mass is 79.9. The van der Waals surface area contributed by atoms with Crippen LogP contribution in [0.15, 0.2) is 29.4 Å². The van der Waals surface area contributed by atoms with Crippen molar-refractivity contribution < 1.29 is 9.63 Å². The number of benzene rings is 1. The molecule has 0 unspecified atom stereocenters. The van der Waals surface area contributed by atoms with E-state index < -0.39 is 6.09 Å². The first-order chi connectivity index (χ1) is 8.81. The van der Waals surface area contributed by atoms with Gasteiger partial charge in [-0.1, -0.05) is 45.4 Å². The third kappa shape index (κ3) is 3.32. The first-order valence-electron chi connectivity index (χ1n) is 5.97. The molecule has 1 aliphatic carbocycles. The van der Waals surface area contributed by atoms with E-state index in [-0.39, 0.29) is 0 Å². The Labute approximate surface area is 115 Å². The Balaban J connectivity index is 2.04. The van der Waals surface area contributed by atoms with Gasteiger partial charge < -0.3 is 5.32 Å².